The monoisotopic (exact) mass is 939 g/mol. The molecule has 6 bridgehead atoms. The number of hydrogen-bond acceptors (Lipinski definition) is 12. The fourth-order valence-corrected chi connectivity index (χ4v) is 15.3. The van der Waals surface area contributed by atoms with Crippen LogP contribution < -0.4 is 32.3 Å². The standard InChI is InChI=1S/C57H74N6O6/c1-5-60-45-24-36-9-6-12-40-34-11-8-21-55(3,26-33-14-19-46(58)62-29-33)27-38-10-7-13-43-49(38)52(66)57(54(67)68-31-44(45)42(18-17-34)48(36)40)56(69-57,51(43)65)28-39(30-64)32(2)23-35-15-16-37-25-47(59-4)63-53-50(37)41(35)20-22-61-53/h6-7,9-10,13-14,19-20,24,29,34-35,37,40,42,44-48,59-64H,5,8,11-12,15-18,21-23,25-28,30-31,58H2,1-4H3/b39-32-/t34-,35+,37-,40+,42+,44+,45+,46?,47-,48-,55-,56+,57+/m1/s1. The second-order valence-electron chi connectivity index (χ2n) is 22.7. The smallest absolute Gasteiger partial charge is 0.350 e. The summed E-state index contributed by atoms with van der Waals surface area (Å²) in [6.45, 7) is 7.75. The van der Waals surface area contributed by atoms with Crippen molar-refractivity contribution in [3.8, 4) is 0 Å². The summed E-state index contributed by atoms with van der Waals surface area (Å²) >= 11 is 0. The summed E-state index contributed by atoms with van der Waals surface area (Å²) in [5.74, 6) is 1.88. The molecule has 13 atom stereocenters. The van der Waals surface area contributed by atoms with Crippen LogP contribution in [0.3, 0.4) is 0 Å². The van der Waals surface area contributed by atoms with E-state index in [-0.39, 0.29) is 72.2 Å². The molecule has 12 rings (SSSR count). The molecule has 11 aliphatic rings. The fourth-order valence-electron chi connectivity index (χ4n) is 15.3. The number of nitrogens with two attached hydrogens (primary N) is 1. The Bertz CT molecular complexity index is 2520. The van der Waals surface area contributed by atoms with Gasteiger partial charge in [0.2, 0.25) is 5.78 Å². The SMILES string of the molecule is CCN[C@H]1C=C2C=CC[C@H]3[C@@H]4CCC[C@](C)(CC5=CNC(N)C=C5)Cc5cccc6c5C(=O)[C@]5(O[C@@]5(C/C(CO)=C(\C)C[C@@H]5CC[C@@H]7C[C@H](NC)NC8=C7C5=CCN8)C6=O)C(=O)OC[C@H]1[C@H](CC4)[C@H]23. The van der Waals surface area contributed by atoms with E-state index in [1.54, 1.807) is 6.07 Å². The van der Waals surface area contributed by atoms with E-state index in [0.29, 0.717) is 48.0 Å². The van der Waals surface area contributed by atoms with E-state index in [1.807, 2.05) is 38.4 Å². The fraction of sp³-hybridized carbons (Fsp3) is 0.596. The van der Waals surface area contributed by atoms with Crippen LogP contribution in [0, 0.1) is 46.8 Å². The van der Waals surface area contributed by atoms with Gasteiger partial charge >= 0.3 is 5.97 Å². The number of carbonyl (C=O) groups excluding carboxylic acids is 3. The van der Waals surface area contributed by atoms with Gasteiger partial charge in [0.05, 0.1) is 25.5 Å². The third-order valence-electron chi connectivity index (χ3n) is 18.7. The summed E-state index contributed by atoms with van der Waals surface area (Å²) < 4.78 is 13.2. The number of carbonyl (C=O) groups is 3. The van der Waals surface area contributed by atoms with Crippen molar-refractivity contribution in [2.24, 2.45) is 52.6 Å². The molecule has 1 unspecified atom stereocenters. The average molecular weight is 939 g/mol. The number of aliphatic hydroxyl groups is 1. The Morgan fingerprint density at radius 1 is 1.04 bits per heavy atom. The molecule has 1 aromatic rings. The van der Waals surface area contributed by atoms with Crippen molar-refractivity contribution in [2.45, 2.75) is 134 Å². The van der Waals surface area contributed by atoms with Crippen LogP contribution in [0.5, 0.6) is 0 Å². The van der Waals surface area contributed by atoms with Crippen LogP contribution in [-0.4, -0.2) is 85.6 Å². The Labute approximate surface area is 408 Å². The van der Waals surface area contributed by atoms with Gasteiger partial charge in [-0.25, -0.2) is 4.79 Å². The molecule has 368 valence electrons. The lowest BCUT2D eigenvalue weighted by molar-refractivity contribution is -0.151. The Hall–Kier alpha value is -4.59. The summed E-state index contributed by atoms with van der Waals surface area (Å²) in [4.78, 5) is 46.6. The Morgan fingerprint density at radius 3 is 2.71 bits per heavy atom. The highest BCUT2D eigenvalue weighted by atomic mass is 16.7. The number of benzene rings is 1. The zero-order chi connectivity index (χ0) is 47.8. The van der Waals surface area contributed by atoms with Gasteiger partial charge in [-0.2, -0.15) is 0 Å². The van der Waals surface area contributed by atoms with Gasteiger partial charge in [-0.1, -0.05) is 80.8 Å². The highest BCUT2D eigenvalue weighted by Crippen LogP contribution is 2.61. The molecule has 12 nitrogen and oxygen atoms in total. The molecule has 0 radical (unpaired) electrons. The summed E-state index contributed by atoms with van der Waals surface area (Å²) in [6, 6.07) is 5.57. The minimum Gasteiger partial charge on any atom is -0.463 e. The minimum absolute atomic E-state index is 0.00874. The van der Waals surface area contributed by atoms with Crippen molar-refractivity contribution in [3.63, 3.8) is 0 Å². The molecule has 5 aliphatic carbocycles. The van der Waals surface area contributed by atoms with Crippen molar-refractivity contribution in [3.05, 3.63) is 117 Å². The predicted octanol–water partition coefficient (Wildman–Crippen LogP) is 6.72. The van der Waals surface area contributed by atoms with Crippen LogP contribution in [0.4, 0.5) is 0 Å². The van der Waals surface area contributed by atoms with Crippen LogP contribution in [0.2, 0.25) is 0 Å². The number of esters is 1. The molecule has 0 amide bonds. The van der Waals surface area contributed by atoms with Gasteiger partial charge in [-0.15, -0.1) is 0 Å². The molecule has 1 spiro atoms. The van der Waals surface area contributed by atoms with E-state index >= 15 is 14.4 Å². The van der Waals surface area contributed by atoms with E-state index in [0.717, 1.165) is 99.8 Å². The number of allylic oxidation sites excluding steroid dienone is 8. The maximum atomic E-state index is 15.8. The van der Waals surface area contributed by atoms with Crippen LogP contribution >= 0.6 is 0 Å². The highest BCUT2D eigenvalue weighted by molar-refractivity contribution is 6.33. The van der Waals surface area contributed by atoms with Crippen molar-refractivity contribution in [2.75, 3.05) is 33.4 Å². The topological polar surface area (TPSA) is 179 Å². The molecule has 0 aromatic heterocycles. The first-order valence-electron chi connectivity index (χ1n) is 26.4. The predicted molar refractivity (Wildman–Crippen MR) is 266 cm³/mol. The Kier molecular flexibility index (Phi) is 12.4. The molecule has 1 aromatic carbocycles. The number of ketones is 2. The number of nitrogens with one attached hydrogen (secondary N) is 5. The highest BCUT2D eigenvalue weighted by Gasteiger charge is 2.86. The van der Waals surface area contributed by atoms with Gasteiger partial charge in [0.15, 0.2) is 11.4 Å². The van der Waals surface area contributed by atoms with E-state index < -0.39 is 23.0 Å². The average Bonchev–Trinajstić information content (AvgIpc) is 4.05. The molecule has 69 heavy (non-hydrogen) atoms. The molecular weight excluding hydrogens is 865 g/mol. The van der Waals surface area contributed by atoms with Gasteiger partial charge in [0, 0.05) is 42.3 Å². The first kappa shape index (κ1) is 46.8. The second kappa shape index (κ2) is 18.2. The van der Waals surface area contributed by atoms with E-state index in [4.69, 9.17) is 15.2 Å². The van der Waals surface area contributed by atoms with E-state index in [1.165, 1.54) is 16.7 Å². The molecular formula is C57H74N6O6. The number of ether oxygens (including phenoxy) is 2. The normalized spacial score (nSPS) is 39.0. The number of fused-ring (bicyclic) bond motifs is 7. The van der Waals surface area contributed by atoms with Gasteiger partial charge in [-0.05, 0) is 165 Å². The minimum atomic E-state index is -2.17. The largest absolute Gasteiger partial charge is 0.463 e. The summed E-state index contributed by atoms with van der Waals surface area (Å²) in [5.41, 5.74) is 10.0. The van der Waals surface area contributed by atoms with Crippen LogP contribution in [0.1, 0.15) is 124 Å². The van der Waals surface area contributed by atoms with Crippen LogP contribution in [0.15, 0.2) is 100 Å². The number of aliphatic hydroxyl groups excluding tert-OH is 1. The molecule has 1 saturated heterocycles. The molecule has 6 heterocycles. The Morgan fingerprint density at radius 2 is 1.91 bits per heavy atom. The van der Waals surface area contributed by atoms with Crippen LogP contribution in [-0.2, 0) is 20.7 Å². The molecule has 12 heteroatoms. The number of dihydropyridines is 2. The van der Waals surface area contributed by atoms with E-state index in [9.17, 15) is 5.11 Å². The third kappa shape index (κ3) is 7.86. The molecule has 3 fully saturated rings. The van der Waals surface area contributed by atoms with Gasteiger partial charge in [0.25, 0.3) is 5.60 Å². The lowest BCUT2D eigenvalue weighted by Crippen LogP contribution is -2.53. The summed E-state index contributed by atoms with van der Waals surface area (Å²) in [5, 5.41) is 28.9. The van der Waals surface area contributed by atoms with Crippen molar-refractivity contribution < 1.29 is 29.0 Å². The van der Waals surface area contributed by atoms with Gasteiger partial charge in [0.1, 0.15) is 5.82 Å². The van der Waals surface area contributed by atoms with Crippen LogP contribution in [0.25, 0.3) is 0 Å². The van der Waals surface area contributed by atoms with Gasteiger partial charge in [-0.3, -0.25) is 9.59 Å². The number of hydrogen-bond donors (Lipinski definition) is 7. The maximum absolute atomic E-state index is 15.8. The van der Waals surface area contributed by atoms with Gasteiger partial charge < -0.3 is 46.9 Å². The first-order chi connectivity index (χ1) is 33.4. The number of epoxide rings is 1. The zero-order valence-corrected chi connectivity index (χ0v) is 41.1. The quantitative estimate of drug-likeness (QED) is 0.0572. The molecule has 6 aliphatic heterocycles. The summed E-state index contributed by atoms with van der Waals surface area (Å²) in [7, 11) is 2.00. The Balaban J connectivity index is 0.973. The second-order valence-corrected chi connectivity index (χ2v) is 22.7. The maximum Gasteiger partial charge on any atom is 0.350 e. The molecule has 8 N–H and O–H groups in total. The van der Waals surface area contributed by atoms with E-state index in [2.05, 4.69) is 70.8 Å². The number of likely N-dealkylation sites (N-methyl/N-ethyl adjacent to an activating group) is 1. The molecule has 2 saturated carbocycles. The number of Topliss-reactive ketones (excluding diaryl/α,β-unsaturated/α-hetero) is 2. The lowest BCUT2D eigenvalue weighted by Gasteiger charge is -2.52. The third-order valence-corrected chi connectivity index (χ3v) is 18.7. The lowest BCUT2D eigenvalue weighted by atomic mass is 9.54. The number of rotatable bonds is 10. The summed E-state index contributed by atoms with van der Waals surface area (Å²) in [6.07, 6.45) is 26.8. The first-order valence-corrected chi connectivity index (χ1v) is 26.4. The van der Waals surface area contributed by atoms with Crippen molar-refractivity contribution in [1.29, 1.82) is 0 Å². The van der Waals surface area contributed by atoms with Crippen molar-refractivity contribution >= 4 is 17.5 Å². The zero-order valence-electron chi connectivity index (χ0n) is 41.1. The van der Waals surface area contributed by atoms with Crippen molar-refractivity contribution in [1.82, 2.24) is 26.6 Å².